The number of hydrogen-bond acceptors (Lipinski definition) is 4. The largest absolute Gasteiger partial charge is 0.462 e. The van der Waals surface area contributed by atoms with Gasteiger partial charge in [-0.25, -0.2) is 0 Å². The van der Waals surface area contributed by atoms with Crippen molar-refractivity contribution in [3.05, 3.63) is 23.2 Å². The zero-order chi connectivity index (χ0) is 14.5. The van der Waals surface area contributed by atoms with Crippen LogP contribution in [0, 0.1) is 0 Å². The van der Waals surface area contributed by atoms with E-state index < -0.39 is 0 Å². The van der Waals surface area contributed by atoms with Crippen molar-refractivity contribution in [2.75, 3.05) is 18.0 Å². The maximum atomic E-state index is 11.0. The molecular formula is C15H21N3O2. The van der Waals surface area contributed by atoms with Gasteiger partial charge in [0.1, 0.15) is 6.10 Å². The summed E-state index contributed by atoms with van der Waals surface area (Å²) in [6.45, 7) is 8.87. The standard InChI is InChI=1S/C15H21N3O2/c1-4-6-13-14(5-2)16-17-15(13)18-9-7-12(8-10-18)20-11(3)19/h4-6,12,16H,1,7-10H2,2-3H3/b13-6+,14-5+. The van der Waals surface area contributed by atoms with Crippen LogP contribution in [0.25, 0.3) is 12.2 Å². The summed E-state index contributed by atoms with van der Waals surface area (Å²) in [6, 6.07) is 0. The van der Waals surface area contributed by atoms with Gasteiger partial charge in [0.05, 0.1) is 5.35 Å². The summed E-state index contributed by atoms with van der Waals surface area (Å²) in [4.78, 5) is 13.2. The zero-order valence-corrected chi connectivity index (χ0v) is 12.1. The van der Waals surface area contributed by atoms with E-state index in [-0.39, 0.29) is 12.1 Å². The third-order valence-corrected chi connectivity index (χ3v) is 3.46. The zero-order valence-electron chi connectivity index (χ0n) is 12.1. The number of nitrogens with one attached hydrogen (secondary N) is 1. The Hall–Kier alpha value is -2.04. The topological polar surface area (TPSA) is 58.2 Å². The molecular weight excluding hydrogens is 254 g/mol. The second-order valence-corrected chi connectivity index (χ2v) is 4.86. The minimum absolute atomic E-state index is 0.0340. The fourth-order valence-corrected chi connectivity index (χ4v) is 2.52. The molecule has 5 heteroatoms. The first-order valence-electron chi connectivity index (χ1n) is 6.91. The Morgan fingerprint density at radius 2 is 2.20 bits per heavy atom. The van der Waals surface area contributed by atoms with Crippen LogP contribution in [0.2, 0.25) is 0 Å². The van der Waals surface area contributed by atoms with Crippen LogP contribution >= 0.6 is 0 Å². The predicted molar refractivity (Wildman–Crippen MR) is 79.6 cm³/mol. The molecule has 1 N–H and O–H groups in total. The van der Waals surface area contributed by atoms with Crippen LogP contribution in [-0.4, -0.2) is 35.4 Å². The molecule has 0 aliphatic carbocycles. The highest BCUT2D eigenvalue weighted by Crippen LogP contribution is 2.16. The van der Waals surface area contributed by atoms with Gasteiger partial charge in [-0.2, -0.15) is 5.10 Å². The Morgan fingerprint density at radius 1 is 1.50 bits per heavy atom. The number of aromatic nitrogens is 2. The van der Waals surface area contributed by atoms with E-state index in [2.05, 4.69) is 21.7 Å². The summed E-state index contributed by atoms with van der Waals surface area (Å²) in [7, 11) is 0. The monoisotopic (exact) mass is 275 g/mol. The lowest BCUT2D eigenvalue weighted by Crippen LogP contribution is -2.40. The van der Waals surface area contributed by atoms with E-state index >= 15 is 0 Å². The number of nitrogens with zero attached hydrogens (tertiary/aromatic N) is 2. The van der Waals surface area contributed by atoms with E-state index in [0.29, 0.717) is 0 Å². The number of esters is 1. The van der Waals surface area contributed by atoms with E-state index in [1.54, 1.807) is 6.08 Å². The average Bonchev–Trinajstić information content (AvgIpc) is 2.82. The highest BCUT2D eigenvalue weighted by molar-refractivity contribution is 5.66. The van der Waals surface area contributed by atoms with Gasteiger partial charge in [0.2, 0.25) is 0 Å². The van der Waals surface area contributed by atoms with Gasteiger partial charge in [-0.3, -0.25) is 9.89 Å². The number of carbonyl (C=O) groups is 1. The number of piperidine rings is 1. The minimum atomic E-state index is -0.202. The summed E-state index contributed by atoms with van der Waals surface area (Å²) in [5.74, 6) is 0.742. The number of carbonyl (C=O) groups excluding carboxylic acids is 1. The number of hydrogen-bond donors (Lipinski definition) is 1. The molecule has 0 radical (unpaired) electrons. The molecule has 20 heavy (non-hydrogen) atoms. The summed E-state index contributed by atoms with van der Waals surface area (Å²) in [5.41, 5.74) is 0. The number of rotatable bonds is 3. The fourth-order valence-electron chi connectivity index (χ4n) is 2.52. The molecule has 1 aromatic heterocycles. The van der Waals surface area contributed by atoms with E-state index in [4.69, 9.17) is 4.74 Å². The normalized spacial score (nSPS) is 18.4. The van der Waals surface area contributed by atoms with Crippen molar-refractivity contribution in [1.82, 2.24) is 10.2 Å². The van der Waals surface area contributed by atoms with E-state index in [9.17, 15) is 4.79 Å². The lowest BCUT2D eigenvalue weighted by Gasteiger charge is -2.31. The molecule has 2 rings (SSSR count). The molecule has 0 saturated carbocycles. The quantitative estimate of drug-likeness (QED) is 0.825. The molecule has 108 valence electrons. The molecule has 1 fully saturated rings. The first kappa shape index (κ1) is 14.4. The second kappa shape index (κ2) is 6.41. The second-order valence-electron chi connectivity index (χ2n) is 4.86. The smallest absolute Gasteiger partial charge is 0.302 e. The van der Waals surface area contributed by atoms with Crippen molar-refractivity contribution in [1.29, 1.82) is 0 Å². The van der Waals surface area contributed by atoms with Crippen LogP contribution in [-0.2, 0) is 9.53 Å². The molecule has 2 heterocycles. The molecule has 1 aromatic rings. The Bertz CT molecular complexity index is 595. The van der Waals surface area contributed by atoms with E-state index in [1.165, 1.54) is 6.92 Å². The molecule has 0 unspecified atom stereocenters. The minimum Gasteiger partial charge on any atom is -0.462 e. The third kappa shape index (κ3) is 3.10. The fraction of sp³-hybridized carbons (Fsp3) is 0.467. The van der Waals surface area contributed by atoms with Crippen LogP contribution in [0.4, 0.5) is 5.82 Å². The van der Waals surface area contributed by atoms with E-state index in [0.717, 1.165) is 42.3 Å². The molecule has 1 aliphatic heterocycles. The van der Waals surface area contributed by atoms with Crippen molar-refractivity contribution < 1.29 is 9.53 Å². The van der Waals surface area contributed by atoms with Crippen molar-refractivity contribution in [3.8, 4) is 0 Å². The highest BCUT2D eigenvalue weighted by Gasteiger charge is 2.23. The van der Waals surface area contributed by atoms with Crippen LogP contribution < -0.4 is 15.5 Å². The number of allylic oxidation sites excluding steroid dienone is 1. The molecule has 5 nitrogen and oxygen atoms in total. The average molecular weight is 275 g/mol. The molecule has 0 aromatic carbocycles. The van der Waals surface area contributed by atoms with Gasteiger partial charge >= 0.3 is 5.97 Å². The number of aromatic amines is 1. The maximum absolute atomic E-state index is 11.0. The number of H-pyrrole nitrogens is 1. The summed E-state index contributed by atoms with van der Waals surface area (Å²) in [6.07, 6.45) is 7.44. The molecule has 1 aliphatic rings. The SMILES string of the molecule is C=C/C=c1/c(N2CCC(OC(C)=O)CC2)n[nH]/c1=C/C. The number of anilines is 1. The first-order chi connectivity index (χ1) is 9.65. The van der Waals surface area contributed by atoms with Crippen LogP contribution in [0.3, 0.4) is 0 Å². The summed E-state index contributed by atoms with van der Waals surface area (Å²) >= 11 is 0. The molecule has 0 bridgehead atoms. The van der Waals surface area contributed by atoms with Gasteiger partial charge < -0.3 is 9.64 Å². The van der Waals surface area contributed by atoms with Crippen molar-refractivity contribution >= 4 is 23.9 Å². The lowest BCUT2D eigenvalue weighted by molar-refractivity contribution is -0.147. The van der Waals surface area contributed by atoms with Crippen molar-refractivity contribution in [3.63, 3.8) is 0 Å². The van der Waals surface area contributed by atoms with Gasteiger partial charge in [-0.15, -0.1) is 0 Å². The van der Waals surface area contributed by atoms with Crippen molar-refractivity contribution in [2.24, 2.45) is 0 Å². The highest BCUT2D eigenvalue weighted by atomic mass is 16.5. The van der Waals surface area contributed by atoms with E-state index in [1.807, 2.05) is 19.1 Å². The van der Waals surface area contributed by atoms with Gasteiger partial charge in [0.25, 0.3) is 0 Å². The molecule has 0 amide bonds. The first-order valence-corrected chi connectivity index (χ1v) is 6.91. The summed E-state index contributed by atoms with van der Waals surface area (Å²) < 4.78 is 5.26. The van der Waals surface area contributed by atoms with Gasteiger partial charge in [-0.1, -0.05) is 18.7 Å². The maximum Gasteiger partial charge on any atom is 0.302 e. The Labute approximate surface area is 118 Å². The van der Waals surface area contributed by atoms with Crippen LogP contribution in [0.15, 0.2) is 12.7 Å². The van der Waals surface area contributed by atoms with Gasteiger partial charge in [0.15, 0.2) is 5.82 Å². The Kier molecular flexibility index (Phi) is 4.61. The Morgan fingerprint density at radius 3 is 2.75 bits per heavy atom. The molecule has 0 spiro atoms. The lowest BCUT2D eigenvalue weighted by atomic mass is 10.1. The number of ether oxygens (including phenoxy) is 1. The van der Waals surface area contributed by atoms with Gasteiger partial charge in [-0.05, 0) is 13.0 Å². The Balaban J connectivity index is 2.15. The van der Waals surface area contributed by atoms with Crippen molar-refractivity contribution in [2.45, 2.75) is 32.8 Å². The van der Waals surface area contributed by atoms with Gasteiger partial charge in [0, 0.05) is 38.1 Å². The summed E-state index contributed by atoms with van der Waals surface area (Å²) in [5, 5.41) is 9.50. The van der Waals surface area contributed by atoms with Crippen LogP contribution in [0.5, 0.6) is 0 Å². The third-order valence-electron chi connectivity index (χ3n) is 3.46. The predicted octanol–water partition coefficient (Wildman–Crippen LogP) is 0.708. The molecule has 0 atom stereocenters. The van der Waals surface area contributed by atoms with Crippen LogP contribution in [0.1, 0.15) is 26.7 Å². The molecule has 1 saturated heterocycles.